The first-order chi connectivity index (χ1) is 17.2. The number of hydrogen-bond donors (Lipinski definition) is 3. The van der Waals surface area contributed by atoms with Crippen molar-refractivity contribution in [1.29, 1.82) is 0 Å². The summed E-state index contributed by atoms with van der Waals surface area (Å²) < 4.78 is 2.24. The molecule has 3 N–H and O–H groups in total. The smallest absolute Gasteiger partial charge is 0.239 e. The van der Waals surface area contributed by atoms with Crippen LogP contribution in [0.15, 0.2) is 121 Å². The maximum atomic E-state index is 9.85. The molecule has 1 aromatic heterocycles. The van der Waals surface area contributed by atoms with Crippen LogP contribution in [-0.4, -0.2) is 10.1 Å². The lowest BCUT2D eigenvalue weighted by Crippen LogP contribution is -2.33. The molecule has 0 aliphatic heterocycles. The molecule has 0 unspecified atom stereocenters. The van der Waals surface area contributed by atoms with Crippen molar-refractivity contribution in [2.24, 2.45) is 0 Å². The molecule has 0 saturated carbocycles. The van der Waals surface area contributed by atoms with E-state index >= 15 is 0 Å². The Balaban J connectivity index is 1.54. The van der Waals surface area contributed by atoms with Crippen LogP contribution in [-0.2, 0) is 0 Å². The highest BCUT2D eigenvalue weighted by atomic mass is 16.3. The van der Waals surface area contributed by atoms with Crippen molar-refractivity contribution in [2.45, 2.75) is 0 Å². The zero-order valence-electron chi connectivity index (χ0n) is 18.9. The third-order valence-electron chi connectivity index (χ3n) is 5.89. The molecule has 0 atom stereocenters. The van der Waals surface area contributed by atoms with E-state index in [4.69, 9.17) is 4.98 Å². The largest absolute Gasteiger partial charge is 0.508 e. The molecular weight excluding hydrogens is 432 g/mol. The molecule has 0 saturated heterocycles. The molecule has 6 rings (SSSR count). The summed E-state index contributed by atoms with van der Waals surface area (Å²) in [6.45, 7) is 0. The number of aromatic hydroxyl groups is 1. The van der Waals surface area contributed by atoms with Gasteiger partial charge in [0, 0.05) is 53.1 Å². The summed E-state index contributed by atoms with van der Waals surface area (Å²) in [5.41, 5.74) is 8.58. The molecule has 1 heterocycles. The van der Waals surface area contributed by atoms with Crippen LogP contribution >= 0.6 is 0 Å². The number of benzene rings is 5. The molecule has 0 amide bonds. The molecule has 5 aromatic carbocycles. The highest BCUT2D eigenvalue weighted by Crippen LogP contribution is 2.26. The third-order valence-corrected chi connectivity index (χ3v) is 5.89. The molecule has 0 radical (unpaired) electrons. The Labute approximate surface area is 203 Å². The molecule has 0 aliphatic carbocycles. The maximum absolute atomic E-state index is 9.85. The summed E-state index contributed by atoms with van der Waals surface area (Å²) >= 11 is 0. The summed E-state index contributed by atoms with van der Waals surface area (Å²) in [6.07, 6.45) is 0. The van der Waals surface area contributed by atoms with Gasteiger partial charge in [-0.15, -0.1) is 4.57 Å². The summed E-state index contributed by atoms with van der Waals surface area (Å²) in [5, 5.41) is 16.7. The molecule has 35 heavy (non-hydrogen) atoms. The highest BCUT2D eigenvalue weighted by molar-refractivity contribution is 5.87. The Bertz CT molecular complexity index is 1650. The first kappa shape index (κ1) is 20.7. The van der Waals surface area contributed by atoms with E-state index in [-0.39, 0.29) is 5.75 Å². The van der Waals surface area contributed by atoms with Gasteiger partial charge in [0.05, 0.1) is 0 Å². The van der Waals surface area contributed by atoms with Crippen LogP contribution in [0.2, 0.25) is 0 Å². The number of rotatable bonds is 5. The molecule has 5 heteroatoms. The van der Waals surface area contributed by atoms with Crippen molar-refractivity contribution in [2.75, 3.05) is 10.6 Å². The Morgan fingerprint density at radius 2 is 1.06 bits per heavy atom. The van der Waals surface area contributed by atoms with E-state index in [2.05, 4.69) is 51.6 Å². The fraction of sp³-hybridized carbons (Fsp3) is 0. The van der Waals surface area contributed by atoms with Crippen LogP contribution in [0.3, 0.4) is 0 Å². The van der Waals surface area contributed by atoms with Crippen LogP contribution < -0.4 is 15.2 Å². The average molecular weight is 456 g/mol. The number of hydrogen-bond acceptors (Lipinski definition) is 4. The molecule has 0 spiro atoms. The number of nitrogens with one attached hydrogen (secondary N) is 2. The van der Waals surface area contributed by atoms with Crippen molar-refractivity contribution in [3.05, 3.63) is 121 Å². The van der Waals surface area contributed by atoms with E-state index in [1.165, 1.54) is 0 Å². The maximum Gasteiger partial charge on any atom is 0.239 e. The fourth-order valence-electron chi connectivity index (χ4n) is 4.30. The van der Waals surface area contributed by atoms with Crippen LogP contribution in [0.25, 0.3) is 27.8 Å². The Kier molecular flexibility index (Phi) is 5.20. The lowest BCUT2D eigenvalue weighted by Gasteiger charge is -2.10. The summed E-state index contributed by atoms with van der Waals surface area (Å²) in [7, 11) is 0. The second-order valence-corrected chi connectivity index (χ2v) is 8.36. The van der Waals surface area contributed by atoms with Crippen LogP contribution in [0, 0.1) is 0 Å². The van der Waals surface area contributed by atoms with Gasteiger partial charge in [-0.1, -0.05) is 42.5 Å². The zero-order chi connectivity index (χ0) is 23.6. The monoisotopic (exact) mass is 455 g/mol. The van der Waals surface area contributed by atoms with E-state index in [0.717, 1.165) is 50.5 Å². The Morgan fingerprint density at radius 3 is 1.69 bits per heavy atom. The summed E-state index contributed by atoms with van der Waals surface area (Å²) in [5.74, 6) is 0.223. The first-order valence-electron chi connectivity index (χ1n) is 11.5. The van der Waals surface area contributed by atoms with Gasteiger partial charge in [-0.3, -0.25) is 0 Å². The third kappa shape index (κ3) is 4.23. The number of para-hydroxylation sites is 2. The van der Waals surface area contributed by atoms with Crippen molar-refractivity contribution in [3.8, 4) is 11.4 Å². The number of phenolic OH excluding ortho intramolecular Hbond substituents is 1. The van der Waals surface area contributed by atoms with E-state index < -0.39 is 0 Å². The van der Waals surface area contributed by atoms with Crippen LogP contribution in [0.1, 0.15) is 0 Å². The highest BCUT2D eigenvalue weighted by Gasteiger charge is 2.20. The molecule has 0 bridgehead atoms. The molecular formula is C30H23N4O+. The Morgan fingerprint density at radius 1 is 0.514 bits per heavy atom. The predicted molar refractivity (Wildman–Crippen MR) is 142 cm³/mol. The average Bonchev–Trinajstić information content (AvgIpc) is 2.89. The van der Waals surface area contributed by atoms with E-state index in [9.17, 15) is 5.11 Å². The standard InChI is InChI=1S/C30H22N4O/c35-26-13-7-10-22(18-26)32-24-15-17-28-30(20-24)34(25-11-5-2-6-12-25)29-19-23(14-16-27(29)33-28)31-21-8-3-1-4-9-21/h1-20H,(H2,31,32,35)/p+1. The zero-order valence-corrected chi connectivity index (χ0v) is 18.9. The summed E-state index contributed by atoms with van der Waals surface area (Å²) in [6, 6.07) is 39.9. The number of aromatic nitrogens is 2. The summed E-state index contributed by atoms with van der Waals surface area (Å²) in [4.78, 5) is 4.96. The van der Waals surface area contributed by atoms with Crippen molar-refractivity contribution < 1.29 is 9.67 Å². The minimum absolute atomic E-state index is 0.223. The van der Waals surface area contributed by atoms with Gasteiger partial charge >= 0.3 is 0 Å². The van der Waals surface area contributed by atoms with E-state index in [1.54, 1.807) is 12.1 Å². The quantitative estimate of drug-likeness (QED) is 0.196. The van der Waals surface area contributed by atoms with Gasteiger partial charge in [-0.25, -0.2) is 4.98 Å². The number of anilines is 4. The van der Waals surface area contributed by atoms with Crippen LogP contribution in [0.5, 0.6) is 5.75 Å². The molecule has 5 nitrogen and oxygen atoms in total. The number of fused-ring (bicyclic) bond motifs is 2. The fourth-order valence-corrected chi connectivity index (χ4v) is 4.30. The van der Waals surface area contributed by atoms with Gasteiger partial charge in [-0.05, 0) is 48.5 Å². The van der Waals surface area contributed by atoms with E-state index in [0.29, 0.717) is 0 Å². The van der Waals surface area contributed by atoms with Gasteiger partial charge in [0.2, 0.25) is 16.7 Å². The van der Waals surface area contributed by atoms with Crippen molar-refractivity contribution in [3.63, 3.8) is 0 Å². The molecule has 6 aromatic rings. The molecule has 168 valence electrons. The lowest BCUT2D eigenvalue weighted by atomic mass is 10.1. The second-order valence-electron chi connectivity index (χ2n) is 8.36. The van der Waals surface area contributed by atoms with Crippen molar-refractivity contribution in [1.82, 2.24) is 4.98 Å². The van der Waals surface area contributed by atoms with Gasteiger partial charge in [0.1, 0.15) is 16.8 Å². The van der Waals surface area contributed by atoms with Crippen LogP contribution in [0.4, 0.5) is 22.7 Å². The van der Waals surface area contributed by atoms with Gasteiger partial charge < -0.3 is 15.7 Å². The minimum atomic E-state index is 0.223. The first-order valence-corrected chi connectivity index (χ1v) is 11.5. The topological polar surface area (TPSA) is 61.1 Å². The SMILES string of the molecule is Oc1cccc(Nc2ccc3nc4ccc(Nc5ccccc5)cc4[n+](-c4ccccc4)c3c2)c1. The predicted octanol–water partition coefficient (Wildman–Crippen LogP) is 6.86. The normalized spacial score (nSPS) is 11.0. The second kappa shape index (κ2) is 8.80. The van der Waals surface area contributed by atoms with Gasteiger partial charge in [0.15, 0.2) is 0 Å². The van der Waals surface area contributed by atoms with Gasteiger partial charge in [0.25, 0.3) is 0 Å². The molecule has 0 aliphatic rings. The lowest BCUT2D eigenvalue weighted by molar-refractivity contribution is -0.538. The Hall–Kier alpha value is -4.90. The number of nitrogens with zero attached hydrogens (tertiary/aromatic N) is 2. The number of phenols is 1. The van der Waals surface area contributed by atoms with Crippen molar-refractivity contribution >= 4 is 44.8 Å². The molecule has 0 fully saturated rings. The van der Waals surface area contributed by atoms with Gasteiger partial charge in [-0.2, -0.15) is 0 Å². The van der Waals surface area contributed by atoms with E-state index in [1.807, 2.05) is 72.8 Å². The minimum Gasteiger partial charge on any atom is -0.508 e.